The second-order valence-corrected chi connectivity index (χ2v) is 7.83. The highest BCUT2D eigenvalue weighted by molar-refractivity contribution is 5.94. The van der Waals surface area contributed by atoms with E-state index in [9.17, 15) is 4.79 Å². The summed E-state index contributed by atoms with van der Waals surface area (Å²) in [5.41, 5.74) is 4.57. The Morgan fingerprint density at radius 3 is 2.63 bits per heavy atom. The van der Waals surface area contributed by atoms with Crippen molar-refractivity contribution < 1.29 is 4.79 Å². The largest absolute Gasteiger partial charge is 0.358 e. The molecule has 0 unspecified atom stereocenters. The average Bonchev–Trinajstić information content (AvgIpc) is 2.76. The van der Waals surface area contributed by atoms with Crippen LogP contribution in [0.15, 0.2) is 60.0 Å². The number of aromatic nitrogens is 1. The third-order valence-electron chi connectivity index (χ3n) is 5.42. The van der Waals surface area contributed by atoms with Crippen LogP contribution in [0, 0.1) is 13.8 Å². The SMILES string of the molecule is Cc1cccc(C)c1N(CCCCN1C=CC=NC1)C(=O)CCCc1cccnc1. The zero-order valence-electron chi connectivity index (χ0n) is 18.1. The molecule has 0 fully saturated rings. The van der Waals surface area contributed by atoms with Crippen LogP contribution in [0.5, 0.6) is 0 Å². The van der Waals surface area contributed by atoms with E-state index < -0.39 is 0 Å². The molecule has 0 radical (unpaired) electrons. The van der Waals surface area contributed by atoms with Crippen molar-refractivity contribution in [2.24, 2.45) is 4.99 Å². The first-order chi connectivity index (χ1) is 14.6. The van der Waals surface area contributed by atoms with Gasteiger partial charge in [0.15, 0.2) is 0 Å². The molecule has 0 saturated carbocycles. The van der Waals surface area contributed by atoms with Crippen LogP contribution >= 0.6 is 0 Å². The summed E-state index contributed by atoms with van der Waals surface area (Å²) in [6, 6.07) is 10.3. The monoisotopic (exact) mass is 404 g/mol. The van der Waals surface area contributed by atoms with Crippen LogP contribution in [0.1, 0.15) is 42.4 Å². The van der Waals surface area contributed by atoms with Gasteiger partial charge in [-0.1, -0.05) is 24.3 Å². The van der Waals surface area contributed by atoms with Crippen LogP contribution in [0.25, 0.3) is 0 Å². The van der Waals surface area contributed by atoms with Crippen molar-refractivity contribution in [1.82, 2.24) is 9.88 Å². The fourth-order valence-electron chi connectivity index (χ4n) is 3.87. The Labute approximate surface area is 180 Å². The quantitative estimate of drug-likeness (QED) is 0.540. The first kappa shape index (κ1) is 21.8. The predicted octanol–water partition coefficient (Wildman–Crippen LogP) is 4.69. The Kier molecular flexibility index (Phi) is 8.19. The summed E-state index contributed by atoms with van der Waals surface area (Å²) < 4.78 is 0. The van der Waals surface area contributed by atoms with Crippen LogP contribution in [0.3, 0.4) is 0 Å². The molecule has 5 nitrogen and oxygen atoms in total. The van der Waals surface area contributed by atoms with Gasteiger partial charge in [0, 0.05) is 50.0 Å². The summed E-state index contributed by atoms with van der Waals surface area (Å²) in [6.45, 7) is 6.62. The van der Waals surface area contributed by atoms with E-state index in [4.69, 9.17) is 0 Å². The van der Waals surface area contributed by atoms with Gasteiger partial charge in [-0.2, -0.15) is 0 Å². The number of anilines is 1. The molecule has 0 spiro atoms. The van der Waals surface area contributed by atoms with Gasteiger partial charge in [-0.05, 0) is 68.4 Å². The van der Waals surface area contributed by atoms with Gasteiger partial charge in [-0.15, -0.1) is 0 Å². The van der Waals surface area contributed by atoms with E-state index in [2.05, 4.69) is 59.2 Å². The number of rotatable bonds is 10. The molecule has 158 valence electrons. The molecule has 1 amide bonds. The molecule has 1 aromatic heterocycles. The number of amides is 1. The Balaban J connectivity index is 1.59. The van der Waals surface area contributed by atoms with Crippen molar-refractivity contribution in [1.29, 1.82) is 0 Å². The lowest BCUT2D eigenvalue weighted by Crippen LogP contribution is -2.33. The van der Waals surface area contributed by atoms with Crippen molar-refractivity contribution in [3.05, 3.63) is 71.7 Å². The Bertz CT molecular complexity index is 856. The van der Waals surface area contributed by atoms with Gasteiger partial charge in [0.25, 0.3) is 0 Å². The molecule has 3 rings (SSSR count). The lowest BCUT2D eigenvalue weighted by molar-refractivity contribution is -0.118. The van der Waals surface area contributed by atoms with Gasteiger partial charge < -0.3 is 9.80 Å². The molecule has 2 aromatic rings. The van der Waals surface area contributed by atoms with Crippen LogP contribution in [-0.4, -0.2) is 41.8 Å². The van der Waals surface area contributed by atoms with Gasteiger partial charge in [0.05, 0.1) is 0 Å². The molecule has 0 N–H and O–H groups in total. The maximum Gasteiger partial charge on any atom is 0.227 e. The van der Waals surface area contributed by atoms with Gasteiger partial charge >= 0.3 is 0 Å². The summed E-state index contributed by atoms with van der Waals surface area (Å²) in [5.74, 6) is 0.207. The summed E-state index contributed by atoms with van der Waals surface area (Å²) in [7, 11) is 0. The molecule has 0 atom stereocenters. The fraction of sp³-hybridized carbons (Fsp3) is 0.400. The number of hydrogen-bond acceptors (Lipinski definition) is 4. The zero-order chi connectivity index (χ0) is 21.2. The molecule has 0 saturated heterocycles. The Morgan fingerprint density at radius 1 is 1.10 bits per heavy atom. The third-order valence-corrected chi connectivity index (χ3v) is 5.42. The van der Waals surface area contributed by atoms with Gasteiger partial charge in [0.1, 0.15) is 6.67 Å². The molecule has 1 aliphatic heterocycles. The number of carbonyl (C=O) groups excluding carboxylic acids is 1. The lowest BCUT2D eigenvalue weighted by atomic mass is 10.1. The van der Waals surface area contributed by atoms with E-state index >= 15 is 0 Å². The molecule has 30 heavy (non-hydrogen) atoms. The van der Waals surface area contributed by atoms with E-state index in [0.717, 1.165) is 62.3 Å². The number of para-hydroxylation sites is 1. The number of unbranched alkanes of at least 4 members (excludes halogenated alkanes) is 1. The van der Waals surface area contributed by atoms with Crippen molar-refractivity contribution in [3.8, 4) is 0 Å². The standard InChI is InChI=1S/C25H32N4O/c1-21-9-5-10-22(2)25(21)29(18-4-3-16-28-17-8-15-27-20-28)24(30)13-6-11-23-12-7-14-26-19-23/h5,7-10,12,14-15,17,19H,3-4,6,11,13,16,18,20H2,1-2H3. The number of aryl methyl sites for hydroxylation is 3. The maximum atomic E-state index is 13.2. The minimum atomic E-state index is 0.207. The second-order valence-electron chi connectivity index (χ2n) is 7.83. The fourth-order valence-corrected chi connectivity index (χ4v) is 3.87. The minimum absolute atomic E-state index is 0.207. The summed E-state index contributed by atoms with van der Waals surface area (Å²) in [5, 5.41) is 0. The van der Waals surface area contributed by atoms with E-state index in [1.807, 2.05) is 29.5 Å². The molecular weight excluding hydrogens is 372 g/mol. The Hall–Kier alpha value is -2.95. The van der Waals surface area contributed by atoms with Gasteiger partial charge in [-0.25, -0.2) is 0 Å². The van der Waals surface area contributed by atoms with Crippen LogP contribution in [0.2, 0.25) is 0 Å². The molecular formula is C25H32N4O. The van der Waals surface area contributed by atoms with Crippen LogP contribution in [-0.2, 0) is 11.2 Å². The number of benzene rings is 1. The molecule has 5 heteroatoms. The van der Waals surface area contributed by atoms with E-state index in [0.29, 0.717) is 6.42 Å². The highest BCUT2D eigenvalue weighted by Gasteiger charge is 2.19. The molecule has 0 bridgehead atoms. The van der Waals surface area contributed by atoms with E-state index in [1.54, 1.807) is 6.20 Å². The van der Waals surface area contributed by atoms with Gasteiger partial charge in [-0.3, -0.25) is 14.8 Å². The number of nitrogens with zero attached hydrogens (tertiary/aromatic N) is 4. The second kappa shape index (κ2) is 11.3. The molecule has 1 aliphatic rings. The summed E-state index contributed by atoms with van der Waals surface area (Å²) in [6.07, 6.45) is 13.8. The van der Waals surface area contributed by atoms with Crippen LogP contribution < -0.4 is 4.90 Å². The molecule has 1 aromatic carbocycles. The van der Waals surface area contributed by atoms with Crippen molar-refractivity contribution in [2.45, 2.75) is 46.0 Å². The van der Waals surface area contributed by atoms with Gasteiger partial charge in [0.2, 0.25) is 5.91 Å². The first-order valence-electron chi connectivity index (χ1n) is 10.8. The summed E-state index contributed by atoms with van der Waals surface area (Å²) >= 11 is 0. The maximum absolute atomic E-state index is 13.2. The highest BCUT2D eigenvalue weighted by atomic mass is 16.2. The summed E-state index contributed by atoms with van der Waals surface area (Å²) in [4.78, 5) is 25.9. The number of carbonyl (C=O) groups is 1. The molecule has 2 heterocycles. The first-order valence-corrected chi connectivity index (χ1v) is 10.8. The zero-order valence-corrected chi connectivity index (χ0v) is 18.1. The minimum Gasteiger partial charge on any atom is -0.358 e. The van der Waals surface area contributed by atoms with Crippen molar-refractivity contribution in [3.63, 3.8) is 0 Å². The van der Waals surface area contributed by atoms with E-state index in [-0.39, 0.29) is 5.91 Å². The number of pyridine rings is 1. The lowest BCUT2D eigenvalue weighted by Gasteiger charge is -2.27. The topological polar surface area (TPSA) is 48.8 Å². The predicted molar refractivity (Wildman–Crippen MR) is 124 cm³/mol. The van der Waals surface area contributed by atoms with Crippen molar-refractivity contribution >= 4 is 17.8 Å². The van der Waals surface area contributed by atoms with Crippen LogP contribution in [0.4, 0.5) is 5.69 Å². The normalized spacial score (nSPS) is 12.9. The Morgan fingerprint density at radius 2 is 1.93 bits per heavy atom. The number of aliphatic imine (C=N–C) groups is 1. The average molecular weight is 405 g/mol. The highest BCUT2D eigenvalue weighted by Crippen LogP contribution is 2.26. The number of allylic oxidation sites excluding steroid dienone is 1. The van der Waals surface area contributed by atoms with Crippen molar-refractivity contribution in [2.75, 3.05) is 24.7 Å². The van der Waals surface area contributed by atoms with E-state index in [1.165, 1.54) is 5.56 Å². The third kappa shape index (κ3) is 6.28. The molecule has 0 aliphatic carbocycles. The smallest absolute Gasteiger partial charge is 0.227 e. The number of hydrogen-bond donors (Lipinski definition) is 0.